The molecular formula is C18H24FN11. The molecule has 0 radical (unpaired) electrons. The molecule has 0 bridgehead atoms. The number of rotatable bonds is 7. The third kappa shape index (κ3) is 4.27. The lowest BCUT2D eigenvalue weighted by Gasteiger charge is -2.44. The average molecular weight is 413 g/mol. The molecule has 4 rings (SSSR count). The maximum Gasteiger partial charge on any atom is 0.235 e. The molecule has 1 fully saturated rings. The molecule has 0 aliphatic carbocycles. The van der Waals surface area contributed by atoms with Crippen LogP contribution in [-0.2, 0) is 0 Å². The standard InChI is InChI=1S/C18H24FN11/c1-10-7-13(28-27-10)23-17-24-16(22-11(2)15-20-8-12(19)9-21-15)25-18(26-17)30-6-5-14(30)29(3)4/h7-9,11,14H,5-6H2,1-4H3,(H3,22,23,24,25,26,27,28)/t11-,14?/m0/s1. The first-order chi connectivity index (χ1) is 14.4. The lowest BCUT2D eigenvalue weighted by Crippen LogP contribution is -2.56. The third-order valence-electron chi connectivity index (χ3n) is 4.78. The van der Waals surface area contributed by atoms with Crippen LogP contribution >= 0.6 is 0 Å². The van der Waals surface area contributed by atoms with E-state index >= 15 is 0 Å². The van der Waals surface area contributed by atoms with E-state index in [1.165, 1.54) is 0 Å². The molecule has 0 amide bonds. The molecule has 2 atom stereocenters. The second-order valence-corrected chi connectivity index (χ2v) is 7.40. The lowest BCUT2D eigenvalue weighted by atomic mass is 10.1. The van der Waals surface area contributed by atoms with Crippen LogP contribution < -0.4 is 15.5 Å². The molecule has 158 valence electrons. The van der Waals surface area contributed by atoms with Crippen molar-refractivity contribution in [2.45, 2.75) is 32.5 Å². The summed E-state index contributed by atoms with van der Waals surface area (Å²) in [6.07, 6.45) is 3.52. The van der Waals surface area contributed by atoms with Gasteiger partial charge in [0.2, 0.25) is 17.8 Å². The van der Waals surface area contributed by atoms with Gasteiger partial charge in [-0.15, -0.1) is 0 Å². The summed E-state index contributed by atoms with van der Waals surface area (Å²) in [6.45, 7) is 4.62. The summed E-state index contributed by atoms with van der Waals surface area (Å²) < 4.78 is 13.1. The number of halogens is 1. The Hall–Kier alpha value is -3.41. The monoisotopic (exact) mass is 413 g/mol. The minimum atomic E-state index is -0.485. The topological polar surface area (TPSA) is 124 Å². The van der Waals surface area contributed by atoms with Crippen LogP contribution in [-0.4, -0.2) is 66.8 Å². The number of aromatic amines is 1. The second-order valence-electron chi connectivity index (χ2n) is 7.40. The Morgan fingerprint density at radius 1 is 1.20 bits per heavy atom. The van der Waals surface area contributed by atoms with Gasteiger partial charge in [-0.3, -0.25) is 10.00 Å². The van der Waals surface area contributed by atoms with Gasteiger partial charge >= 0.3 is 0 Å². The van der Waals surface area contributed by atoms with E-state index in [4.69, 9.17) is 0 Å². The minimum absolute atomic E-state index is 0.221. The van der Waals surface area contributed by atoms with Gasteiger partial charge in [-0.05, 0) is 34.4 Å². The van der Waals surface area contributed by atoms with Crippen molar-refractivity contribution in [1.29, 1.82) is 0 Å². The summed E-state index contributed by atoms with van der Waals surface area (Å²) in [5.74, 6) is 1.84. The van der Waals surface area contributed by atoms with E-state index in [0.717, 1.165) is 31.1 Å². The van der Waals surface area contributed by atoms with Crippen molar-refractivity contribution in [2.24, 2.45) is 0 Å². The molecule has 11 nitrogen and oxygen atoms in total. The van der Waals surface area contributed by atoms with Crippen molar-refractivity contribution in [2.75, 3.05) is 36.2 Å². The van der Waals surface area contributed by atoms with Crippen molar-refractivity contribution >= 4 is 23.7 Å². The zero-order valence-electron chi connectivity index (χ0n) is 17.3. The molecule has 1 aliphatic heterocycles. The fraction of sp³-hybridized carbons (Fsp3) is 0.444. The molecule has 3 aromatic heterocycles. The van der Waals surface area contributed by atoms with Gasteiger partial charge in [0.05, 0.1) is 24.6 Å². The Bertz CT molecular complexity index is 1000. The average Bonchev–Trinajstić information content (AvgIpc) is 3.05. The predicted octanol–water partition coefficient (Wildman–Crippen LogP) is 1.85. The zero-order valence-corrected chi connectivity index (χ0v) is 17.3. The lowest BCUT2D eigenvalue weighted by molar-refractivity contribution is 0.212. The van der Waals surface area contributed by atoms with E-state index < -0.39 is 5.82 Å². The highest BCUT2D eigenvalue weighted by Gasteiger charge is 2.32. The Morgan fingerprint density at radius 2 is 1.93 bits per heavy atom. The van der Waals surface area contributed by atoms with E-state index in [-0.39, 0.29) is 12.2 Å². The molecule has 0 aromatic carbocycles. The normalized spacial score (nSPS) is 17.0. The molecule has 0 spiro atoms. The third-order valence-corrected chi connectivity index (χ3v) is 4.78. The molecule has 30 heavy (non-hydrogen) atoms. The first-order valence-corrected chi connectivity index (χ1v) is 9.61. The Kier molecular flexibility index (Phi) is 5.40. The highest BCUT2D eigenvalue weighted by atomic mass is 19.1. The molecule has 1 saturated heterocycles. The van der Waals surface area contributed by atoms with Gasteiger partial charge in [-0.2, -0.15) is 20.1 Å². The molecule has 4 heterocycles. The quantitative estimate of drug-likeness (QED) is 0.528. The van der Waals surface area contributed by atoms with Crippen LogP contribution in [0.5, 0.6) is 0 Å². The number of nitrogens with zero attached hydrogens (tertiary/aromatic N) is 8. The molecule has 3 aromatic rings. The van der Waals surface area contributed by atoms with E-state index in [9.17, 15) is 4.39 Å². The van der Waals surface area contributed by atoms with Crippen LogP contribution in [0.15, 0.2) is 18.5 Å². The van der Waals surface area contributed by atoms with Gasteiger partial charge in [0.15, 0.2) is 11.6 Å². The SMILES string of the molecule is Cc1cc(Nc2nc(N[C@@H](C)c3ncc(F)cn3)nc(N3CCC3N(C)C)n2)n[nH]1. The number of hydrogen-bond acceptors (Lipinski definition) is 10. The van der Waals surface area contributed by atoms with E-state index in [0.29, 0.717) is 29.5 Å². The van der Waals surface area contributed by atoms with Crippen molar-refractivity contribution < 1.29 is 4.39 Å². The molecule has 1 aliphatic rings. The first kappa shape index (κ1) is 19.9. The number of H-pyrrole nitrogens is 1. The maximum absolute atomic E-state index is 13.1. The van der Waals surface area contributed by atoms with Crippen LogP contribution in [0.1, 0.15) is 30.9 Å². The van der Waals surface area contributed by atoms with Crippen molar-refractivity contribution in [3.63, 3.8) is 0 Å². The van der Waals surface area contributed by atoms with Crippen LogP contribution in [0, 0.1) is 12.7 Å². The minimum Gasteiger partial charge on any atom is -0.344 e. The zero-order chi connectivity index (χ0) is 21.3. The van der Waals surface area contributed by atoms with Gasteiger partial charge in [0, 0.05) is 18.3 Å². The molecular weight excluding hydrogens is 389 g/mol. The van der Waals surface area contributed by atoms with Crippen molar-refractivity contribution in [3.8, 4) is 0 Å². The molecule has 0 saturated carbocycles. The number of nitrogens with one attached hydrogen (secondary N) is 3. The summed E-state index contributed by atoms with van der Waals surface area (Å²) in [6, 6.07) is 1.53. The van der Waals surface area contributed by atoms with Gasteiger partial charge in [0.1, 0.15) is 5.82 Å². The fourth-order valence-electron chi connectivity index (χ4n) is 3.16. The van der Waals surface area contributed by atoms with Crippen LogP contribution in [0.3, 0.4) is 0 Å². The fourth-order valence-corrected chi connectivity index (χ4v) is 3.16. The highest BCUT2D eigenvalue weighted by Crippen LogP contribution is 2.27. The number of aryl methyl sites for hydroxylation is 1. The summed E-state index contributed by atoms with van der Waals surface area (Å²) in [7, 11) is 4.05. The Labute approximate surface area is 173 Å². The van der Waals surface area contributed by atoms with Crippen LogP contribution in [0.25, 0.3) is 0 Å². The van der Waals surface area contributed by atoms with Crippen molar-refractivity contribution in [3.05, 3.63) is 35.8 Å². The van der Waals surface area contributed by atoms with E-state index in [1.54, 1.807) is 0 Å². The maximum atomic E-state index is 13.1. The van der Waals surface area contributed by atoms with Crippen LogP contribution in [0.2, 0.25) is 0 Å². The number of anilines is 4. The largest absolute Gasteiger partial charge is 0.344 e. The van der Waals surface area contributed by atoms with E-state index in [1.807, 2.05) is 34.0 Å². The van der Waals surface area contributed by atoms with Gasteiger partial charge in [0.25, 0.3) is 0 Å². The summed E-state index contributed by atoms with van der Waals surface area (Å²) >= 11 is 0. The highest BCUT2D eigenvalue weighted by molar-refractivity contribution is 5.53. The van der Waals surface area contributed by atoms with E-state index in [2.05, 4.69) is 55.6 Å². The molecule has 3 N–H and O–H groups in total. The Morgan fingerprint density at radius 3 is 2.53 bits per heavy atom. The van der Waals surface area contributed by atoms with Crippen LogP contribution in [0.4, 0.5) is 28.1 Å². The van der Waals surface area contributed by atoms with Gasteiger partial charge in [-0.1, -0.05) is 0 Å². The summed E-state index contributed by atoms with van der Waals surface area (Å²) in [5, 5.41) is 13.3. The molecule has 12 heteroatoms. The summed E-state index contributed by atoms with van der Waals surface area (Å²) in [4.78, 5) is 25.9. The Balaban J connectivity index is 1.61. The number of hydrogen-bond donors (Lipinski definition) is 3. The second kappa shape index (κ2) is 8.14. The predicted molar refractivity (Wildman–Crippen MR) is 110 cm³/mol. The van der Waals surface area contributed by atoms with Gasteiger partial charge < -0.3 is 15.5 Å². The summed E-state index contributed by atoms with van der Waals surface area (Å²) in [5.41, 5.74) is 0.919. The smallest absolute Gasteiger partial charge is 0.235 e. The van der Waals surface area contributed by atoms with Gasteiger partial charge in [-0.25, -0.2) is 14.4 Å². The first-order valence-electron chi connectivity index (χ1n) is 9.61. The molecule has 1 unspecified atom stereocenters. The number of aromatic nitrogens is 7. The van der Waals surface area contributed by atoms with Crippen molar-refractivity contribution in [1.82, 2.24) is 40.0 Å².